The van der Waals surface area contributed by atoms with Crippen LogP contribution in [0, 0.1) is 0 Å². The summed E-state index contributed by atoms with van der Waals surface area (Å²) in [5.74, 6) is -0.490. The maximum Gasteiger partial charge on any atom is 0.348 e. The zero-order valence-corrected chi connectivity index (χ0v) is 13.0. The van der Waals surface area contributed by atoms with Crippen LogP contribution in [0.3, 0.4) is 0 Å². The summed E-state index contributed by atoms with van der Waals surface area (Å²) in [6.07, 6.45) is 3.30. The van der Waals surface area contributed by atoms with E-state index in [0.717, 1.165) is 16.9 Å². The van der Waals surface area contributed by atoms with E-state index in [2.05, 4.69) is 9.97 Å². The minimum Gasteiger partial charge on any atom is -0.495 e. The average Bonchev–Trinajstić information content (AvgIpc) is 3.01. The van der Waals surface area contributed by atoms with Gasteiger partial charge in [0.25, 0.3) is 0 Å². The maximum absolute atomic E-state index is 11.5. The summed E-state index contributed by atoms with van der Waals surface area (Å²) in [6, 6.07) is 8.71. The Kier molecular flexibility index (Phi) is 3.94. The van der Waals surface area contributed by atoms with Crippen molar-refractivity contribution in [1.82, 2.24) is 9.97 Å². The molecule has 0 saturated heterocycles. The van der Waals surface area contributed by atoms with Crippen LogP contribution in [0.25, 0.3) is 21.8 Å². The van der Waals surface area contributed by atoms with Gasteiger partial charge in [0.1, 0.15) is 15.6 Å². The second-order valence-corrected chi connectivity index (χ2v) is 5.70. The van der Waals surface area contributed by atoms with Crippen molar-refractivity contribution >= 4 is 23.0 Å². The molecule has 0 atom stereocenters. The van der Waals surface area contributed by atoms with Crippen molar-refractivity contribution in [2.45, 2.75) is 0 Å². The summed E-state index contributed by atoms with van der Waals surface area (Å²) in [7, 11) is 1.53. The molecule has 0 aliphatic rings. The molecule has 0 bridgehead atoms. The Labute approximate surface area is 136 Å². The number of benzene rings is 1. The SMILES string of the molecule is COc1ccc(-c2nc(-c3cccnc3)sc2C(=O)O)cc1N. The van der Waals surface area contributed by atoms with Crippen molar-refractivity contribution < 1.29 is 14.6 Å². The molecule has 3 rings (SSSR count). The Morgan fingerprint density at radius 3 is 2.74 bits per heavy atom. The fraction of sp³-hybridized carbons (Fsp3) is 0.0625. The lowest BCUT2D eigenvalue weighted by Crippen LogP contribution is -1.97. The van der Waals surface area contributed by atoms with Gasteiger partial charge in [-0.25, -0.2) is 9.78 Å². The maximum atomic E-state index is 11.5. The number of nitrogens with zero attached hydrogens (tertiary/aromatic N) is 2. The van der Waals surface area contributed by atoms with E-state index in [9.17, 15) is 9.90 Å². The predicted molar refractivity (Wildman–Crippen MR) is 88.7 cm³/mol. The van der Waals surface area contributed by atoms with Gasteiger partial charge in [-0.3, -0.25) is 4.98 Å². The number of hydrogen-bond acceptors (Lipinski definition) is 6. The van der Waals surface area contributed by atoms with E-state index in [4.69, 9.17) is 10.5 Å². The number of rotatable bonds is 4. The van der Waals surface area contributed by atoms with E-state index in [-0.39, 0.29) is 4.88 Å². The topological polar surface area (TPSA) is 98.3 Å². The van der Waals surface area contributed by atoms with Crippen molar-refractivity contribution in [3.8, 4) is 27.6 Å². The van der Waals surface area contributed by atoms with Crippen molar-refractivity contribution in [1.29, 1.82) is 0 Å². The number of nitrogen functional groups attached to an aromatic ring is 1. The molecule has 3 N–H and O–H groups in total. The van der Waals surface area contributed by atoms with Crippen LogP contribution in [0.4, 0.5) is 5.69 Å². The highest BCUT2D eigenvalue weighted by molar-refractivity contribution is 7.17. The number of methoxy groups -OCH3 is 1. The van der Waals surface area contributed by atoms with Crippen LogP contribution in [0.5, 0.6) is 5.75 Å². The van der Waals surface area contributed by atoms with Crippen molar-refractivity contribution in [3.63, 3.8) is 0 Å². The second-order valence-electron chi connectivity index (χ2n) is 4.70. The third-order valence-electron chi connectivity index (χ3n) is 3.23. The Hall–Kier alpha value is -2.93. The van der Waals surface area contributed by atoms with Crippen LogP contribution in [0.1, 0.15) is 9.67 Å². The molecule has 1 aromatic carbocycles. The zero-order chi connectivity index (χ0) is 16.4. The molecule has 7 heteroatoms. The monoisotopic (exact) mass is 327 g/mol. The molecule has 0 amide bonds. The van der Waals surface area contributed by atoms with Crippen molar-refractivity contribution in [3.05, 3.63) is 47.6 Å². The molecule has 0 aliphatic heterocycles. The molecule has 6 nitrogen and oxygen atoms in total. The number of thiazole rings is 1. The van der Waals surface area contributed by atoms with E-state index in [1.54, 1.807) is 36.7 Å². The lowest BCUT2D eigenvalue weighted by molar-refractivity contribution is 0.0702. The Morgan fingerprint density at radius 2 is 2.13 bits per heavy atom. The van der Waals surface area contributed by atoms with Gasteiger partial charge in [-0.05, 0) is 30.3 Å². The van der Waals surface area contributed by atoms with Crippen LogP contribution in [0.2, 0.25) is 0 Å². The number of ether oxygens (including phenoxy) is 1. The lowest BCUT2D eigenvalue weighted by Gasteiger charge is -2.06. The summed E-state index contributed by atoms with van der Waals surface area (Å²) in [5.41, 5.74) is 8.12. The van der Waals surface area contributed by atoms with E-state index in [0.29, 0.717) is 27.7 Å². The highest BCUT2D eigenvalue weighted by atomic mass is 32.1. The third kappa shape index (κ3) is 2.86. The molecule has 23 heavy (non-hydrogen) atoms. The molecule has 0 spiro atoms. The standard InChI is InChI=1S/C16H13N3O3S/c1-22-12-5-4-9(7-11(12)17)13-14(16(20)21)23-15(19-13)10-3-2-6-18-8-10/h2-8H,17H2,1H3,(H,20,21). The van der Waals surface area contributed by atoms with Gasteiger partial charge < -0.3 is 15.6 Å². The number of pyridine rings is 1. The van der Waals surface area contributed by atoms with E-state index in [1.807, 2.05) is 6.07 Å². The number of nitrogens with two attached hydrogens (primary N) is 1. The highest BCUT2D eigenvalue weighted by Gasteiger charge is 2.20. The fourth-order valence-corrected chi connectivity index (χ4v) is 3.07. The minimum atomic E-state index is -1.03. The Morgan fingerprint density at radius 1 is 1.30 bits per heavy atom. The summed E-state index contributed by atoms with van der Waals surface area (Å²) < 4.78 is 5.12. The van der Waals surface area contributed by atoms with Crippen LogP contribution >= 0.6 is 11.3 Å². The first-order valence-corrected chi connectivity index (χ1v) is 7.50. The normalized spacial score (nSPS) is 10.5. The van der Waals surface area contributed by atoms with Crippen LogP contribution < -0.4 is 10.5 Å². The number of hydrogen-bond donors (Lipinski definition) is 2. The second kappa shape index (κ2) is 6.05. The van der Waals surface area contributed by atoms with Crippen molar-refractivity contribution in [2.24, 2.45) is 0 Å². The van der Waals surface area contributed by atoms with Crippen LogP contribution in [-0.2, 0) is 0 Å². The van der Waals surface area contributed by atoms with Gasteiger partial charge in [0, 0.05) is 23.5 Å². The summed E-state index contributed by atoms with van der Waals surface area (Å²) in [4.78, 5) is 20.2. The largest absolute Gasteiger partial charge is 0.495 e. The predicted octanol–water partition coefficient (Wildman–Crippen LogP) is 3.16. The van der Waals surface area contributed by atoms with Gasteiger partial charge >= 0.3 is 5.97 Å². The summed E-state index contributed by atoms with van der Waals surface area (Å²) >= 11 is 1.11. The molecule has 3 aromatic rings. The van der Waals surface area contributed by atoms with Gasteiger partial charge in [-0.1, -0.05) is 0 Å². The molecule has 116 valence electrons. The molecule has 2 aromatic heterocycles. The zero-order valence-electron chi connectivity index (χ0n) is 12.2. The quantitative estimate of drug-likeness (QED) is 0.714. The molecule has 0 aliphatic carbocycles. The first-order chi connectivity index (χ1) is 11.1. The first kappa shape index (κ1) is 15.0. The summed E-state index contributed by atoms with van der Waals surface area (Å²) in [6.45, 7) is 0. The Bertz CT molecular complexity index is 862. The van der Waals surface area contributed by atoms with Gasteiger partial charge in [-0.15, -0.1) is 11.3 Å². The van der Waals surface area contributed by atoms with Crippen LogP contribution in [-0.4, -0.2) is 28.2 Å². The van der Waals surface area contributed by atoms with Crippen LogP contribution in [0.15, 0.2) is 42.7 Å². The molecule has 0 fully saturated rings. The van der Waals surface area contributed by atoms with E-state index < -0.39 is 5.97 Å². The number of anilines is 1. The Balaban J connectivity index is 2.13. The highest BCUT2D eigenvalue weighted by Crippen LogP contribution is 2.35. The van der Waals surface area contributed by atoms with Gasteiger partial charge in [-0.2, -0.15) is 0 Å². The van der Waals surface area contributed by atoms with Gasteiger partial charge in [0.15, 0.2) is 0 Å². The molecule has 0 saturated carbocycles. The number of carbonyl (C=O) groups is 1. The van der Waals surface area contributed by atoms with E-state index >= 15 is 0 Å². The van der Waals surface area contributed by atoms with Crippen molar-refractivity contribution in [2.75, 3.05) is 12.8 Å². The number of carboxylic acids is 1. The van der Waals surface area contributed by atoms with Gasteiger partial charge in [0.2, 0.25) is 0 Å². The number of aromatic nitrogens is 2. The smallest absolute Gasteiger partial charge is 0.348 e. The molecular formula is C16H13N3O3S. The fourth-order valence-electron chi connectivity index (χ4n) is 2.16. The first-order valence-electron chi connectivity index (χ1n) is 6.68. The molecule has 2 heterocycles. The molecule has 0 radical (unpaired) electrons. The number of aromatic carboxylic acids is 1. The lowest BCUT2D eigenvalue weighted by atomic mass is 10.1. The van der Waals surface area contributed by atoms with E-state index in [1.165, 1.54) is 7.11 Å². The minimum absolute atomic E-state index is 0.161. The third-order valence-corrected chi connectivity index (χ3v) is 4.33. The molecular weight excluding hydrogens is 314 g/mol. The summed E-state index contributed by atoms with van der Waals surface area (Å²) in [5, 5.41) is 10.1. The number of carboxylic acid groups (broad SMARTS) is 1. The van der Waals surface area contributed by atoms with Gasteiger partial charge in [0.05, 0.1) is 18.5 Å². The average molecular weight is 327 g/mol. The molecule has 0 unspecified atom stereocenters.